The summed E-state index contributed by atoms with van der Waals surface area (Å²) in [7, 11) is -5.51. The number of benzene rings is 1. The largest absolute Gasteiger partial charge is 0.414 e. The fraction of sp³-hybridized carbons (Fsp3) is 0.600. The van der Waals surface area contributed by atoms with Crippen molar-refractivity contribution in [2.45, 2.75) is 108 Å². The molecule has 0 bridgehead atoms. The van der Waals surface area contributed by atoms with Crippen molar-refractivity contribution in [3.05, 3.63) is 40.9 Å². The van der Waals surface area contributed by atoms with E-state index >= 15 is 0 Å². The predicted octanol–water partition coefficient (Wildman–Crippen LogP) is 7.34. The Bertz CT molecular complexity index is 1490. The topological polar surface area (TPSA) is 93.5 Å². The van der Waals surface area contributed by atoms with Crippen LogP contribution in [0.4, 0.5) is 5.69 Å². The maximum atomic E-state index is 13.4. The van der Waals surface area contributed by atoms with Crippen molar-refractivity contribution in [3.8, 4) is 0 Å². The van der Waals surface area contributed by atoms with Crippen molar-refractivity contribution >= 4 is 51.5 Å². The van der Waals surface area contributed by atoms with Gasteiger partial charge in [0.15, 0.2) is 8.32 Å². The van der Waals surface area contributed by atoms with E-state index in [1.807, 2.05) is 13.0 Å². The first-order valence-electron chi connectivity index (χ1n) is 14.8. The number of carbonyl (C=O) groups excluding carboxylic acids is 1. The van der Waals surface area contributed by atoms with E-state index in [1.54, 1.807) is 28.6 Å². The molecule has 1 saturated heterocycles. The maximum absolute atomic E-state index is 13.4. The van der Waals surface area contributed by atoms with Crippen LogP contribution in [0.15, 0.2) is 35.2 Å². The van der Waals surface area contributed by atoms with E-state index in [4.69, 9.17) is 9.52 Å². The van der Waals surface area contributed by atoms with Gasteiger partial charge in [-0.25, -0.2) is 8.42 Å². The van der Waals surface area contributed by atoms with Crippen LogP contribution in [-0.2, 0) is 14.4 Å². The summed E-state index contributed by atoms with van der Waals surface area (Å²) in [6.45, 7) is 14.0. The number of nitrogens with zero attached hydrogens (tertiary/aromatic N) is 3. The number of rotatable bonds is 7. The van der Waals surface area contributed by atoms with Crippen LogP contribution in [0.3, 0.4) is 0 Å². The van der Waals surface area contributed by atoms with Gasteiger partial charge in [-0.3, -0.25) is 9.48 Å². The summed E-state index contributed by atoms with van der Waals surface area (Å²) in [5, 5.41) is 8.89. The normalized spacial score (nSPS) is 18.7. The highest BCUT2D eigenvalue weighted by Gasteiger charge is 2.40. The SMILES string of the molecule is Cc1nn(C2CCCCC2)c2sc(C(=O)Nc3ccc(S(=O)(=O)N4CCC(O[Si](C)(C)C(C)(C)C)CC4)cc3)cc12. The smallest absolute Gasteiger partial charge is 0.265 e. The lowest BCUT2D eigenvalue weighted by Gasteiger charge is -2.41. The molecule has 2 aromatic heterocycles. The van der Waals surface area contributed by atoms with Crippen molar-refractivity contribution in [1.82, 2.24) is 14.1 Å². The van der Waals surface area contributed by atoms with Crippen LogP contribution in [0, 0.1) is 6.92 Å². The molecule has 1 aromatic carbocycles. The van der Waals surface area contributed by atoms with Crippen LogP contribution in [-0.4, -0.2) is 55.9 Å². The Kier molecular flexibility index (Phi) is 8.57. The number of sulfonamides is 1. The second-order valence-electron chi connectivity index (χ2n) is 13.1. The fourth-order valence-electron chi connectivity index (χ4n) is 5.59. The average molecular weight is 617 g/mol. The van der Waals surface area contributed by atoms with Crippen molar-refractivity contribution < 1.29 is 17.6 Å². The van der Waals surface area contributed by atoms with E-state index in [2.05, 4.69) is 43.9 Å². The lowest BCUT2D eigenvalue weighted by molar-refractivity contribution is 0.103. The number of aromatic nitrogens is 2. The number of nitrogens with one attached hydrogen (secondary N) is 1. The molecule has 0 atom stereocenters. The molecule has 224 valence electrons. The van der Waals surface area contributed by atoms with Crippen molar-refractivity contribution in [3.63, 3.8) is 0 Å². The zero-order valence-electron chi connectivity index (χ0n) is 25.2. The minimum atomic E-state index is -3.62. The lowest BCUT2D eigenvalue weighted by Crippen LogP contribution is -2.48. The molecule has 1 saturated carbocycles. The first-order chi connectivity index (χ1) is 19.3. The Morgan fingerprint density at radius 2 is 1.68 bits per heavy atom. The third-order valence-electron chi connectivity index (χ3n) is 9.13. The van der Waals surface area contributed by atoms with E-state index in [0.29, 0.717) is 42.5 Å². The summed E-state index contributed by atoms with van der Waals surface area (Å²) >= 11 is 1.47. The van der Waals surface area contributed by atoms with Crippen LogP contribution < -0.4 is 5.32 Å². The molecule has 0 radical (unpaired) electrons. The van der Waals surface area contributed by atoms with E-state index in [9.17, 15) is 13.2 Å². The molecular formula is C30H44N4O4S2Si. The van der Waals surface area contributed by atoms with Gasteiger partial charge in [-0.2, -0.15) is 9.40 Å². The Morgan fingerprint density at radius 1 is 1.05 bits per heavy atom. The molecule has 11 heteroatoms. The summed E-state index contributed by atoms with van der Waals surface area (Å²) < 4.78 is 36.9. The molecule has 1 aliphatic carbocycles. The average Bonchev–Trinajstić information content (AvgIpc) is 3.50. The third kappa shape index (κ3) is 6.34. The monoisotopic (exact) mass is 616 g/mol. The summed E-state index contributed by atoms with van der Waals surface area (Å²) in [4.78, 5) is 15.1. The molecule has 2 fully saturated rings. The number of carbonyl (C=O) groups is 1. The Hall–Kier alpha value is -2.05. The van der Waals surface area contributed by atoms with Crippen molar-refractivity contribution in [2.24, 2.45) is 0 Å². The maximum Gasteiger partial charge on any atom is 0.265 e. The van der Waals surface area contributed by atoms with Gasteiger partial charge in [-0.15, -0.1) is 11.3 Å². The van der Waals surface area contributed by atoms with Gasteiger partial charge in [0.1, 0.15) is 4.83 Å². The summed E-state index contributed by atoms with van der Waals surface area (Å²) in [5.74, 6) is -0.194. The molecule has 1 aliphatic heterocycles. The molecule has 1 amide bonds. The summed E-state index contributed by atoms with van der Waals surface area (Å²) in [5.41, 5.74) is 1.52. The molecule has 3 aromatic rings. The number of aryl methyl sites for hydroxylation is 1. The molecule has 0 spiro atoms. The number of piperidine rings is 1. The second-order valence-corrected chi connectivity index (χ2v) is 20.8. The second kappa shape index (κ2) is 11.6. The van der Waals surface area contributed by atoms with Gasteiger partial charge in [0.2, 0.25) is 10.0 Å². The number of fused-ring (bicyclic) bond motifs is 1. The number of hydrogen-bond acceptors (Lipinski definition) is 6. The quantitative estimate of drug-likeness (QED) is 0.280. The number of anilines is 1. The molecule has 3 heterocycles. The van der Waals surface area contributed by atoms with Crippen molar-refractivity contribution in [2.75, 3.05) is 18.4 Å². The van der Waals surface area contributed by atoms with Gasteiger partial charge in [0, 0.05) is 30.3 Å². The molecule has 8 nitrogen and oxygen atoms in total. The highest BCUT2D eigenvalue weighted by Crippen LogP contribution is 2.39. The molecule has 0 unspecified atom stereocenters. The van der Waals surface area contributed by atoms with Gasteiger partial charge in [-0.05, 0) is 81.1 Å². The first kappa shape index (κ1) is 30.4. The highest BCUT2D eigenvalue weighted by atomic mass is 32.2. The lowest BCUT2D eigenvalue weighted by atomic mass is 9.96. The molecule has 41 heavy (non-hydrogen) atoms. The van der Waals surface area contributed by atoms with E-state index in [1.165, 1.54) is 30.6 Å². The van der Waals surface area contributed by atoms with Crippen molar-refractivity contribution in [1.29, 1.82) is 0 Å². The van der Waals surface area contributed by atoms with Crippen LogP contribution in [0.2, 0.25) is 18.1 Å². The van der Waals surface area contributed by atoms with Crippen LogP contribution in [0.25, 0.3) is 10.2 Å². The summed E-state index contributed by atoms with van der Waals surface area (Å²) in [6.07, 6.45) is 7.49. The zero-order valence-corrected chi connectivity index (χ0v) is 27.8. The predicted molar refractivity (Wildman–Crippen MR) is 169 cm³/mol. The molecule has 1 N–H and O–H groups in total. The first-order valence-corrected chi connectivity index (χ1v) is 20.0. The fourth-order valence-corrected chi connectivity index (χ4v) is 9.61. The zero-order chi connectivity index (χ0) is 29.6. The Morgan fingerprint density at radius 3 is 2.29 bits per heavy atom. The number of amides is 1. The molecule has 5 rings (SSSR count). The van der Waals surface area contributed by atoms with Gasteiger partial charge in [0.05, 0.1) is 21.5 Å². The Labute approximate surface area is 249 Å². The summed E-state index contributed by atoms with van der Waals surface area (Å²) in [6, 6.07) is 8.83. The minimum absolute atomic E-state index is 0.100. The van der Waals surface area contributed by atoms with Crippen LogP contribution in [0.5, 0.6) is 0 Å². The van der Waals surface area contributed by atoms with E-state index < -0.39 is 18.3 Å². The molecular weight excluding hydrogens is 573 g/mol. The Balaban J connectivity index is 1.22. The van der Waals surface area contributed by atoms with E-state index in [0.717, 1.165) is 28.8 Å². The number of thiophene rings is 1. The van der Waals surface area contributed by atoms with Gasteiger partial charge in [0.25, 0.3) is 5.91 Å². The van der Waals surface area contributed by atoms with Gasteiger partial charge < -0.3 is 9.74 Å². The highest BCUT2D eigenvalue weighted by molar-refractivity contribution is 7.89. The minimum Gasteiger partial charge on any atom is -0.414 e. The van der Waals surface area contributed by atoms with E-state index in [-0.39, 0.29) is 21.9 Å². The van der Waals surface area contributed by atoms with Crippen LogP contribution >= 0.6 is 11.3 Å². The van der Waals surface area contributed by atoms with Crippen LogP contribution in [0.1, 0.15) is 87.1 Å². The van der Waals surface area contributed by atoms with Gasteiger partial charge >= 0.3 is 0 Å². The standard InChI is InChI=1S/C30H44N4O4S2Si/c1-21-26-20-27(39-29(26)34(32-21)23-10-8-7-9-11-23)28(35)31-22-12-14-25(15-13-22)40(36,37)33-18-16-24(17-19-33)38-41(5,6)30(2,3)4/h12-15,20,23-24H,7-11,16-19H2,1-6H3,(H,31,35). The number of hydrogen-bond donors (Lipinski definition) is 1. The molecule has 2 aliphatic rings. The third-order valence-corrected chi connectivity index (χ3v) is 16.7. The van der Waals surface area contributed by atoms with Gasteiger partial charge in [-0.1, -0.05) is 40.0 Å².